The van der Waals surface area contributed by atoms with Gasteiger partial charge < -0.3 is 4.74 Å². The molecule has 4 heteroatoms. The van der Waals surface area contributed by atoms with E-state index in [9.17, 15) is 4.79 Å². The summed E-state index contributed by atoms with van der Waals surface area (Å²) in [6.45, 7) is 8.18. The summed E-state index contributed by atoms with van der Waals surface area (Å²) in [7, 11) is 0. The molecule has 0 atom stereocenters. The molecular formula is C16H20N2O2. The number of carbonyl (C=O) groups is 1. The summed E-state index contributed by atoms with van der Waals surface area (Å²) in [5, 5.41) is 4.54. The van der Waals surface area contributed by atoms with Gasteiger partial charge in [-0.3, -0.25) is 4.79 Å². The maximum absolute atomic E-state index is 11.7. The zero-order chi connectivity index (χ0) is 14.7. The van der Waals surface area contributed by atoms with E-state index in [4.69, 9.17) is 4.74 Å². The molecule has 2 aromatic rings. The van der Waals surface area contributed by atoms with Gasteiger partial charge in [0, 0.05) is 11.3 Å². The fourth-order valence-corrected chi connectivity index (χ4v) is 2.30. The van der Waals surface area contributed by atoms with E-state index in [1.54, 1.807) is 0 Å². The van der Waals surface area contributed by atoms with Crippen molar-refractivity contribution in [2.75, 3.05) is 6.61 Å². The molecule has 0 saturated heterocycles. The molecule has 20 heavy (non-hydrogen) atoms. The predicted octanol–water partition coefficient (Wildman–Crippen LogP) is 2.90. The van der Waals surface area contributed by atoms with Crippen molar-refractivity contribution in [3.63, 3.8) is 0 Å². The Bertz CT molecular complexity index is 629. The number of aromatic nitrogens is 2. The fraction of sp³-hybridized carbons (Fsp3) is 0.375. The van der Waals surface area contributed by atoms with Gasteiger partial charge in [0.1, 0.15) is 0 Å². The van der Waals surface area contributed by atoms with Crippen LogP contribution in [-0.2, 0) is 16.0 Å². The van der Waals surface area contributed by atoms with Gasteiger partial charge in [-0.05, 0) is 45.4 Å². The quantitative estimate of drug-likeness (QED) is 0.804. The van der Waals surface area contributed by atoms with E-state index in [0.29, 0.717) is 6.61 Å². The van der Waals surface area contributed by atoms with Crippen LogP contribution in [0, 0.1) is 20.8 Å². The Morgan fingerprint density at radius 1 is 1.30 bits per heavy atom. The third-order valence-corrected chi connectivity index (χ3v) is 3.31. The normalized spacial score (nSPS) is 10.6. The van der Waals surface area contributed by atoms with Crippen LogP contribution in [0.1, 0.15) is 29.4 Å². The number of nitrogens with zero attached hydrogens (tertiary/aromatic N) is 2. The first kappa shape index (κ1) is 14.3. The van der Waals surface area contributed by atoms with Gasteiger partial charge in [-0.25, -0.2) is 4.68 Å². The van der Waals surface area contributed by atoms with Crippen molar-refractivity contribution >= 4 is 5.97 Å². The third kappa shape index (κ3) is 2.90. The van der Waals surface area contributed by atoms with Gasteiger partial charge in [-0.15, -0.1) is 0 Å². The van der Waals surface area contributed by atoms with Crippen molar-refractivity contribution in [1.29, 1.82) is 0 Å². The Labute approximate surface area is 119 Å². The summed E-state index contributed by atoms with van der Waals surface area (Å²) in [5.41, 5.74) is 5.01. The SMILES string of the molecule is CCOC(=O)Cc1c(C)nn(-c2cccc(C)c2)c1C. The molecule has 0 aliphatic carbocycles. The van der Waals surface area contributed by atoms with E-state index in [1.165, 1.54) is 5.56 Å². The Hall–Kier alpha value is -2.10. The number of benzene rings is 1. The number of carbonyl (C=O) groups excluding carboxylic acids is 1. The highest BCUT2D eigenvalue weighted by Crippen LogP contribution is 2.19. The maximum atomic E-state index is 11.7. The molecule has 1 heterocycles. The average Bonchev–Trinajstić information content (AvgIpc) is 2.67. The first-order chi connectivity index (χ1) is 9.52. The van der Waals surface area contributed by atoms with Gasteiger partial charge in [-0.1, -0.05) is 12.1 Å². The standard InChI is InChI=1S/C16H20N2O2/c1-5-20-16(19)10-15-12(3)17-18(13(15)4)14-8-6-7-11(2)9-14/h6-9H,5,10H2,1-4H3. The lowest BCUT2D eigenvalue weighted by molar-refractivity contribution is -0.142. The van der Waals surface area contributed by atoms with E-state index in [0.717, 1.165) is 22.6 Å². The maximum Gasteiger partial charge on any atom is 0.310 e. The second kappa shape index (κ2) is 5.90. The number of rotatable bonds is 4. The second-order valence-corrected chi connectivity index (χ2v) is 4.88. The molecule has 0 unspecified atom stereocenters. The summed E-state index contributed by atoms with van der Waals surface area (Å²) >= 11 is 0. The Morgan fingerprint density at radius 3 is 2.70 bits per heavy atom. The second-order valence-electron chi connectivity index (χ2n) is 4.88. The van der Waals surface area contributed by atoms with E-state index in [1.807, 2.05) is 37.6 Å². The number of aryl methyl sites for hydroxylation is 2. The first-order valence-electron chi connectivity index (χ1n) is 6.80. The van der Waals surface area contributed by atoms with Gasteiger partial charge in [0.05, 0.1) is 24.4 Å². The van der Waals surface area contributed by atoms with Crippen molar-refractivity contribution < 1.29 is 9.53 Å². The molecule has 106 valence electrons. The zero-order valence-electron chi connectivity index (χ0n) is 12.4. The lowest BCUT2D eigenvalue weighted by Gasteiger charge is -2.06. The van der Waals surface area contributed by atoms with Crippen LogP contribution in [0.2, 0.25) is 0 Å². The molecule has 0 aliphatic rings. The van der Waals surface area contributed by atoms with Crippen LogP contribution < -0.4 is 0 Å². The lowest BCUT2D eigenvalue weighted by atomic mass is 10.1. The number of hydrogen-bond acceptors (Lipinski definition) is 3. The van der Waals surface area contributed by atoms with Crippen LogP contribution in [0.15, 0.2) is 24.3 Å². The first-order valence-corrected chi connectivity index (χ1v) is 6.80. The van der Waals surface area contributed by atoms with Crippen LogP contribution in [0.3, 0.4) is 0 Å². The van der Waals surface area contributed by atoms with Gasteiger partial charge >= 0.3 is 5.97 Å². The minimum Gasteiger partial charge on any atom is -0.466 e. The summed E-state index contributed by atoms with van der Waals surface area (Å²) in [4.78, 5) is 11.7. The van der Waals surface area contributed by atoms with Crippen molar-refractivity contribution in [2.45, 2.75) is 34.1 Å². The van der Waals surface area contributed by atoms with Crippen LogP contribution in [-0.4, -0.2) is 22.4 Å². The molecule has 4 nitrogen and oxygen atoms in total. The van der Waals surface area contributed by atoms with Crippen LogP contribution in [0.4, 0.5) is 0 Å². The molecule has 1 aromatic carbocycles. The van der Waals surface area contributed by atoms with E-state index in [-0.39, 0.29) is 12.4 Å². The smallest absolute Gasteiger partial charge is 0.310 e. The Balaban J connectivity index is 2.36. The highest BCUT2D eigenvalue weighted by Gasteiger charge is 2.16. The molecule has 0 N–H and O–H groups in total. The number of hydrogen-bond donors (Lipinski definition) is 0. The highest BCUT2D eigenvalue weighted by molar-refractivity contribution is 5.73. The summed E-state index contributed by atoms with van der Waals surface area (Å²) in [6, 6.07) is 8.15. The molecule has 0 saturated carbocycles. The van der Waals surface area contributed by atoms with Crippen molar-refractivity contribution in [1.82, 2.24) is 9.78 Å². The molecular weight excluding hydrogens is 252 g/mol. The minimum atomic E-state index is -0.206. The third-order valence-electron chi connectivity index (χ3n) is 3.31. The van der Waals surface area contributed by atoms with Crippen LogP contribution in [0.5, 0.6) is 0 Å². The average molecular weight is 272 g/mol. The molecule has 0 aliphatic heterocycles. The highest BCUT2D eigenvalue weighted by atomic mass is 16.5. The van der Waals surface area contributed by atoms with Crippen molar-refractivity contribution in [3.05, 3.63) is 46.8 Å². The van der Waals surface area contributed by atoms with Gasteiger partial charge in [0.2, 0.25) is 0 Å². The summed E-state index contributed by atoms with van der Waals surface area (Å²) < 4.78 is 6.90. The fourth-order valence-electron chi connectivity index (χ4n) is 2.30. The lowest BCUT2D eigenvalue weighted by Crippen LogP contribution is -2.09. The number of ether oxygens (including phenoxy) is 1. The largest absolute Gasteiger partial charge is 0.466 e. The van der Waals surface area contributed by atoms with Crippen molar-refractivity contribution in [2.24, 2.45) is 0 Å². The van der Waals surface area contributed by atoms with Gasteiger partial charge in [0.25, 0.3) is 0 Å². The summed E-state index contributed by atoms with van der Waals surface area (Å²) in [6.07, 6.45) is 0.275. The monoisotopic (exact) mass is 272 g/mol. The Morgan fingerprint density at radius 2 is 2.05 bits per heavy atom. The zero-order valence-corrected chi connectivity index (χ0v) is 12.4. The molecule has 0 fully saturated rings. The predicted molar refractivity (Wildman–Crippen MR) is 78.1 cm³/mol. The summed E-state index contributed by atoms with van der Waals surface area (Å²) in [5.74, 6) is -0.206. The molecule has 1 aromatic heterocycles. The van der Waals surface area contributed by atoms with Gasteiger partial charge in [-0.2, -0.15) is 5.10 Å². The topological polar surface area (TPSA) is 44.1 Å². The molecule has 0 bridgehead atoms. The van der Waals surface area contributed by atoms with Crippen LogP contribution in [0.25, 0.3) is 5.69 Å². The van der Waals surface area contributed by atoms with E-state index in [2.05, 4.69) is 24.2 Å². The molecule has 0 radical (unpaired) electrons. The Kier molecular flexibility index (Phi) is 4.23. The minimum absolute atomic E-state index is 0.206. The molecule has 0 spiro atoms. The van der Waals surface area contributed by atoms with E-state index >= 15 is 0 Å². The number of esters is 1. The van der Waals surface area contributed by atoms with Crippen LogP contribution >= 0.6 is 0 Å². The molecule has 0 amide bonds. The van der Waals surface area contributed by atoms with Gasteiger partial charge in [0.15, 0.2) is 0 Å². The van der Waals surface area contributed by atoms with Crippen molar-refractivity contribution in [3.8, 4) is 5.69 Å². The van der Waals surface area contributed by atoms with E-state index < -0.39 is 0 Å². The molecule has 2 rings (SSSR count).